The Morgan fingerprint density at radius 2 is 1.91 bits per heavy atom. The number of carbonyl (C=O) groups is 2. The molecule has 162 valence electrons. The average molecular weight is 457 g/mol. The number of anilines is 1. The number of ether oxygens (including phenoxy) is 1. The van der Waals surface area contributed by atoms with Gasteiger partial charge < -0.3 is 9.84 Å². The van der Waals surface area contributed by atoms with Crippen LogP contribution in [0, 0.1) is 11.6 Å². The van der Waals surface area contributed by atoms with Crippen LogP contribution in [0.15, 0.2) is 66.5 Å². The molecule has 32 heavy (non-hydrogen) atoms. The lowest BCUT2D eigenvalue weighted by Crippen LogP contribution is -2.29. The lowest BCUT2D eigenvalue weighted by Gasteiger charge is -2.25. The van der Waals surface area contributed by atoms with Crippen molar-refractivity contribution in [2.75, 3.05) is 12.0 Å². The van der Waals surface area contributed by atoms with Gasteiger partial charge in [-0.1, -0.05) is 17.7 Å². The zero-order valence-corrected chi connectivity index (χ0v) is 17.3. The molecule has 1 saturated heterocycles. The van der Waals surface area contributed by atoms with Gasteiger partial charge in [-0.25, -0.2) is 8.78 Å². The lowest BCUT2D eigenvalue weighted by molar-refractivity contribution is -0.132. The Balaban J connectivity index is 1.94. The largest absolute Gasteiger partial charge is 0.507 e. The van der Waals surface area contributed by atoms with E-state index < -0.39 is 35.1 Å². The number of benzene rings is 2. The second-order valence-electron chi connectivity index (χ2n) is 6.90. The molecule has 0 radical (unpaired) electrons. The Morgan fingerprint density at radius 3 is 2.53 bits per heavy atom. The number of pyridine rings is 1. The van der Waals surface area contributed by atoms with E-state index in [0.29, 0.717) is 11.3 Å². The number of carbonyl (C=O) groups excluding carboxylic acids is 2. The van der Waals surface area contributed by atoms with Crippen molar-refractivity contribution in [2.45, 2.75) is 6.04 Å². The SMILES string of the molecule is COc1ccc(/C(O)=C2\C(=O)C(=O)N(c3ccc(F)c(F)c3)C2c2cccnc2)cc1Cl. The number of aromatic nitrogens is 1. The summed E-state index contributed by atoms with van der Waals surface area (Å²) in [5, 5.41) is 11.2. The van der Waals surface area contributed by atoms with Crippen LogP contribution in [-0.2, 0) is 9.59 Å². The molecule has 1 aliphatic rings. The molecule has 1 fully saturated rings. The molecule has 4 rings (SSSR count). The number of rotatable bonds is 4. The number of hydrogen-bond donors (Lipinski definition) is 1. The van der Waals surface area contributed by atoms with Crippen molar-refractivity contribution in [3.8, 4) is 5.75 Å². The zero-order chi connectivity index (χ0) is 23.0. The average Bonchev–Trinajstić information content (AvgIpc) is 3.06. The van der Waals surface area contributed by atoms with Crippen molar-refractivity contribution < 1.29 is 28.2 Å². The molecule has 0 bridgehead atoms. The van der Waals surface area contributed by atoms with E-state index in [4.69, 9.17) is 16.3 Å². The fourth-order valence-electron chi connectivity index (χ4n) is 3.56. The summed E-state index contributed by atoms with van der Waals surface area (Å²) in [7, 11) is 1.43. The Bertz CT molecular complexity index is 1260. The van der Waals surface area contributed by atoms with Crippen LogP contribution in [0.25, 0.3) is 5.76 Å². The third-order valence-electron chi connectivity index (χ3n) is 5.05. The Morgan fingerprint density at radius 1 is 1.12 bits per heavy atom. The monoisotopic (exact) mass is 456 g/mol. The number of Topliss-reactive ketones (excluding diaryl/α,β-unsaturated/α-hetero) is 1. The van der Waals surface area contributed by atoms with Gasteiger partial charge in [0, 0.05) is 29.7 Å². The van der Waals surface area contributed by atoms with E-state index in [2.05, 4.69) is 4.98 Å². The standard InChI is InChI=1S/C23H15ClF2N2O4/c1-32-18-7-4-12(9-15(18)24)21(29)19-20(13-3-2-8-27-11-13)28(23(31)22(19)30)14-5-6-16(25)17(26)10-14/h2-11,20,29H,1H3/b21-19+. The number of aliphatic hydroxyl groups excluding tert-OH is 1. The molecule has 1 aliphatic heterocycles. The van der Waals surface area contributed by atoms with E-state index in [1.807, 2.05) is 0 Å². The third kappa shape index (κ3) is 3.58. The number of aliphatic hydroxyl groups is 1. The fraction of sp³-hybridized carbons (Fsp3) is 0.0870. The van der Waals surface area contributed by atoms with Crippen molar-refractivity contribution >= 4 is 34.7 Å². The molecule has 1 N–H and O–H groups in total. The Kier molecular flexibility index (Phi) is 5.63. The molecule has 1 amide bonds. The van der Waals surface area contributed by atoms with Gasteiger partial charge in [0.2, 0.25) is 0 Å². The topological polar surface area (TPSA) is 79.7 Å². The van der Waals surface area contributed by atoms with Crippen molar-refractivity contribution in [3.05, 3.63) is 94.3 Å². The minimum absolute atomic E-state index is 0.0494. The Labute approximate surface area is 186 Å². The van der Waals surface area contributed by atoms with Crippen LogP contribution >= 0.6 is 11.6 Å². The number of hydrogen-bond acceptors (Lipinski definition) is 5. The summed E-state index contributed by atoms with van der Waals surface area (Å²) in [6, 6.07) is 9.28. The second-order valence-corrected chi connectivity index (χ2v) is 7.31. The number of nitrogens with zero attached hydrogens (tertiary/aromatic N) is 2. The molecule has 3 aromatic rings. The van der Waals surface area contributed by atoms with Crippen LogP contribution in [0.2, 0.25) is 5.02 Å². The number of methoxy groups -OCH3 is 1. The molecule has 6 nitrogen and oxygen atoms in total. The second kappa shape index (κ2) is 8.39. The highest BCUT2D eigenvalue weighted by Crippen LogP contribution is 2.42. The summed E-state index contributed by atoms with van der Waals surface area (Å²) in [6.45, 7) is 0. The maximum Gasteiger partial charge on any atom is 0.300 e. The van der Waals surface area contributed by atoms with Gasteiger partial charge in [-0.15, -0.1) is 0 Å². The van der Waals surface area contributed by atoms with Crippen molar-refractivity contribution in [3.63, 3.8) is 0 Å². The van der Waals surface area contributed by atoms with Crippen molar-refractivity contribution in [1.29, 1.82) is 0 Å². The number of amides is 1. The summed E-state index contributed by atoms with van der Waals surface area (Å²) in [4.78, 5) is 31.0. The van der Waals surface area contributed by atoms with Gasteiger partial charge in [-0.05, 0) is 42.0 Å². The summed E-state index contributed by atoms with van der Waals surface area (Å²) in [6.07, 6.45) is 2.91. The molecule has 2 aromatic carbocycles. The van der Waals surface area contributed by atoms with E-state index in [0.717, 1.165) is 17.0 Å². The fourth-order valence-corrected chi connectivity index (χ4v) is 3.81. The van der Waals surface area contributed by atoms with Crippen LogP contribution in [0.1, 0.15) is 17.2 Å². The van der Waals surface area contributed by atoms with E-state index in [1.54, 1.807) is 12.1 Å². The highest BCUT2D eigenvalue weighted by atomic mass is 35.5. The highest BCUT2D eigenvalue weighted by Gasteiger charge is 2.47. The van der Waals surface area contributed by atoms with Crippen LogP contribution in [0.4, 0.5) is 14.5 Å². The molecule has 9 heteroatoms. The van der Waals surface area contributed by atoms with Gasteiger partial charge in [-0.3, -0.25) is 19.5 Å². The van der Waals surface area contributed by atoms with Gasteiger partial charge in [-0.2, -0.15) is 0 Å². The van der Waals surface area contributed by atoms with E-state index in [-0.39, 0.29) is 21.8 Å². The predicted octanol–water partition coefficient (Wildman–Crippen LogP) is 4.65. The van der Waals surface area contributed by atoms with Crippen LogP contribution in [0.3, 0.4) is 0 Å². The predicted molar refractivity (Wildman–Crippen MR) is 113 cm³/mol. The Hall–Kier alpha value is -3.78. The van der Waals surface area contributed by atoms with Crippen LogP contribution in [-0.4, -0.2) is 28.9 Å². The first kappa shape index (κ1) is 21.5. The molecular formula is C23H15ClF2N2O4. The smallest absolute Gasteiger partial charge is 0.300 e. The third-order valence-corrected chi connectivity index (χ3v) is 5.35. The van der Waals surface area contributed by atoms with E-state index >= 15 is 0 Å². The summed E-state index contributed by atoms with van der Waals surface area (Å²) in [5.41, 5.74) is 0.270. The summed E-state index contributed by atoms with van der Waals surface area (Å²) in [5.74, 6) is -4.41. The molecule has 0 aliphatic carbocycles. The molecule has 0 spiro atoms. The summed E-state index contributed by atoms with van der Waals surface area (Å²) >= 11 is 6.15. The maximum atomic E-state index is 13.9. The first-order chi connectivity index (χ1) is 15.3. The minimum Gasteiger partial charge on any atom is -0.507 e. The van der Waals surface area contributed by atoms with Gasteiger partial charge in [0.1, 0.15) is 11.5 Å². The molecule has 1 atom stereocenters. The maximum absolute atomic E-state index is 13.9. The van der Waals surface area contributed by atoms with E-state index in [9.17, 15) is 23.5 Å². The van der Waals surface area contributed by atoms with Crippen LogP contribution < -0.4 is 9.64 Å². The van der Waals surface area contributed by atoms with Crippen molar-refractivity contribution in [2.24, 2.45) is 0 Å². The van der Waals surface area contributed by atoms with Gasteiger partial charge in [0.15, 0.2) is 11.6 Å². The normalized spacial score (nSPS) is 17.6. The minimum atomic E-state index is -1.18. The number of halogens is 3. The molecule has 1 unspecified atom stereocenters. The molecule has 1 aromatic heterocycles. The molecular weight excluding hydrogens is 442 g/mol. The zero-order valence-electron chi connectivity index (χ0n) is 16.6. The highest BCUT2D eigenvalue weighted by molar-refractivity contribution is 6.51. The molecule has 0 saturated carbocycles. The van der Waals surface area contributed by atoms with Crippen LogP contribution in [0.5, 0.6) is 5.75 Å². The van der Waals surface area contributed by atoms with Gasteiger partial charge in [0.05, 0.1) is 23.7 Å². The quantitative estimate of drug-likeness (QED) is 0.351. The summed E-state index contributed by atoms with van der Waals surface area (Å²) < 4.78 is 32.5. The molecule has 2 heterocycles. The first-order valence-electron chi connectivity index (χ1n) is 9.33. The van der Waals surface area contributed by atoms with Gasteiger partial charge in [0.25, 0.3) is 11.7 Å². The lowest BCUT2D eigenvalue weighted by atomic mass is 9.96. The van der Waals surface area contributed by atoms with E-state index in [1.165, 1.54) is 43.8 Å². The van der Waals surface area contributed by atoms with Gasteiger partial charge >= 0.3 is 0 Å². The van der Waals surface area contributed by atoms with Crippen molar-refractivity contribution in [1.82, 2.24) is 4.98 Å². The number of ketones is 1. The first-order valence-corrected chi connectivity index (χ1v) is 9.71.